The number of alkyl halides is 2. The standard InChI is InChI=1S/C14H15F2N5S2/c1-8(2)17-13-19-20-14(23-13)22-7-11-18-9-5-3-4-6-10(9)21(11)12(15)16/h3-6,8,12H,7H2,1-2H3,(H,17,19). The van der Waals surface area contributed by atoms with Crippen LogP contribution in [-0.4, -0.2) is 25.8 Å². The van der Waals surface area contributed by atoms with Crippen LogP contribution < -0.4 is 5.32 Å². The number of nitrogens with zero attached hydrogens (tertiary/aromatic N) is 4. The van der Waals surface area contributed by atoms with E-state index in [0.29, 0.717) is 22.6 Å². The van der Waals surface area contributed by atoms with Crippen LogP contribution in [0.3, 0.4) is 0 Å². The average molecular weight is 355 g/mol. The van der Waals surface area contributed by atoms with Crippen molar-refractivity contribution in [3.05, 3.63) is 30.1 Å². The van der Waals surface area contributed by atoms with Gasteiger partial charge in [0.1, 0.15) is 5.82 Å². The minimum absolute atomic E-state index is 0.267. The molecule has 0 atom stereocenters. The van der Waals surface area contributed by atoms with E-state index in [2.05, 4.69) is 20.5 Å². The smallest absolute Gasteiger partial charge is 0.320 e. The molecule has 0 unspecified atom stereocenters. The highest BCUT2D eigenvalue weighted by Gasteiger charge is 2.18. The Morgan fingerprint density at radius 3 is 2.78 bits per heavy atom. The molecule has 0 aliphatic carbocycles. The van der Waals surface area contributed by atoms with E-state index in [1.807, 2.05) is 13.8 Å². The predicted octanol–water partition coefficient (Wildman–Crippen LogP) is 4.40. The van der Waals surface area contributed by atoms with Gasteiger partial charge in [0.15, 0.2) is 4.34 Å². The first-order chi connectivity index (χ1) is 11.0. The maximum atomic E-state index is 13.3. The summed E-state index contributed by atoms with van der Waals surface area (Å²) in [4.78, 5) is 4.31. The highest BCUT2D eigenvalue weighted by Crippen LogP contribution is 2.31. The third kappa shape index (κ3) is 3.61. The number of aromatic nitrogens is 4. The lowest BCUT2D eigenvalue weighted by Crippen LogP contribution is -2.08. The van der Waals surface area contributed by atoms with E-state index in [1.54, 1.807) is 24.3 Å². The highest BCUT2D eigenvalue weighted by atomic mass is 32.2. The summed E-state index contributed by atoms with van der Waals surface area (Å²) in [5.74, 6) is 0.648. The number of rotatable bonds is 6. The monoisotopic (exact) mass is 355 g/mol. The van der Waals surface area contributed by atoms with Crippen LogP contribution in [0.4, 0.5) is 13.9 Å². The normalized spacial score (nSPS) is 11.7. The molecule has 9 heteroatoms. The molecule has 0 spiro atoms. The fourth-order valence-electron chi connectivity index (χ4n) is 2.11. The molecule has 0 radical (unpaired) electrons. The molecule has 2 heterocycles. The van der Waals surface area contributed by atoms with Crippen molar-refractivity contribution in [3.63, 3.8) is 0 Å². The van der Waals surface area contributed by atoms with Crippen LogP contribution in [0.5, 0.6) is 0 Å². The van der Waals surface area contributed by atoms with Crippen LogP contribution in [0.25, 0.3) is 11.0 Å². The second-order valence-corrected chi connectivity index (χ2v) is 7.33. The largest absolute Gasteiger partial charge is 0.358 e. The molecule has 0 saturated heterocycles. The molecule has 3 rings (SSSR count). The summed E-state index contributed by atoms with van der Waals surface area (Å²) in [5, 5.41) is 12.0. The first kappa shape index (κ1) is 16.1. The fourth-order valence-corrected chi connectivity index (χ4v) is 3.94. The summed E-state index contributed by atoms with van der Waals surface area (Å²) in [6.45, 7) is 1.41. The topological polar surface area (TPSA) is 55.6 Å². The lowest BCUT2D eigenvalue weighted by molar-refractivity contribution is 0.0722. The molecule has 3 aromatic rings. The minimum Gasteiger partial charge on any atom is -0.358 e. The molecule has 0 aliphatic heterocycles. The number of thioether (sulfide) groups is 1. The van der Waals surface area contributed by atoms with E-state index in [0.717, 1.165) is 14.0 Å². The zero-order valence-electron chi connectivity index (χ0n) is 12.5. The van der Waals surface area contributed by atoms with Gasteiger partial charge in [0.2, 0.25) is 5.13 Å². The van der Waals surface area contributed by atoms with E-state index in [-0.39, 0.29) is 6.04 Å². The average Bonchev–Trinajstić information content (AvgIpc) is 3.07. The van der Waals surface area contributed by atoms with Crippen LogP contribution in [0, 0.1) is 0 Å². The van der Waals surface area contributed by atoms with Crippen molar-refractivity contribution in [2.75, 3.05) is 5.32 Å². The molecule has 1 N–H and O–H groups in total. The zero-order valence-corrected chi connectivity index (χ0v) is 14.2. The Bertz CT molecular complexity index is 799. The number of anilines is 1. The molecular weight excluding hydrogens is 340 g/mol. The van der Waals surface area contributed by atoms with Gasteiger partial charge < -0.3 is 5.32 Å². The Morgan fingerprint density at radius 1 is 1.26 bits per heavy atom. The summed E-state index contributed by atoms with van der Waals surface area (Å²) < 4.78 is 28.4. The molecule has 122 valence electrons. The van der Waals surface area contributed by atoms with E-state index >= 15 is 0 Å². The van der Waals surface area contributed by atoms with Crippen molar-refractivity contribution in [2.45, 2.75) is 36.5 Å². The van der Waals surface area contributed by atoms with Crippen molar-refractivity contribution in [3.8, 4) is 0 Å². The Morgan fingerprint density at radius 2 is 2.04 bits per heavy atom. The Hall–Kier alpha value is -1.74. The van der Waals surface area contributed by atoms with Crippen LogP contribution in [0.1, 0.15) is 26.2 Å². The molecular formula is C14H15F2N5S2. The molecule has 1 aromatic carbocycles. The molecule has 0 bridgehead atoms. The molecule has 0 aliphatic rings. The van der Waals surface area contributed by atoms with Gasteiger partial charge in [0, 0.05) is 6.04 Å². The third-order valence-corrected chi connectivity index (χ3v) is 4.99. The number of hydrogen-bond acceptors (Lipinski definition) is 6. The van der Waals surface area contributed by atoms with Crippen molar-refractivity contribution in [1.29, 1.82) is 0 Å². The fraction of sp³-hybridized carbons (Fsp3) is 0.357. The SMILES string of the molecule is CC(C)Nc1nnc(SCc2nc3ccccc3n2C(F)F)s1. The molecule has 0 amide bonds. The highest BCUT2D eigenvalue weighted by molar-refractivity contribution is 8.00. The van der Waals surface area contributed by atoms with Gasteiger partial charge >= 0.3 is 6.55 Å². The van der Waals surface area contributed by atoms with Gasteiger partial charge in [0.05, 0.1) is 16.8 Å². The van der Waals surface area contributed by atoms with Gasteiger partial charge in [-0.1, -0.05) is 35.2 Å². The summed E-state index contributed by atoms with van der Waals surface area (Å²) in [5.41, 5.74) is 1.01. The molecule has 0 saturated carbocycles. The quantitative estimate of drug-likeness (QED) is 0.664. The van der Waals surface area contributed by atoms with Gasteiger partial charge in [-0.15, -0.1) is 10.2 Å². The maximum absolute atomic E-state index is 13.3. The second-order valence-electron chi connectivity index (χ2n) is 5.13. The van der Waals surface area contributed by atoms with Crippen LogP contribution in [0.2, 0.25) is 0 Å². The van der Waals surface area contributed by atoms with Gasteiger partial charge in [-0.2, -0.15) is 8.78 Å². The zero-order chi connectivity index (χ0) is 16.4. The summed E-state index contributed by atoms with van der Waals surface area (Å²) in [6.07, 6.45) is 0. The van der Waals surface area contributed by atoms with Crippen LogP contribution in [-0.2, 0) is 5.75 Å². The van der Waals surface area contributed by atoms with Gasteiger partial charge in [-0.25, -0.2) is 4.98 Å². The Balaban J connectivity index is 1.79. The van der Waals surface area contributed by atoms with E-state index in [1.165, 1.54) is 23.1 Å². The third-order valence-electron chi connectivity index (χ3n) is 3.01. The van der Waals surface area contributed by atoms with Gasteiger partial charge in [0.25, 0.3) is 0 Å². The number of nitrogens with one attached hydrogen (secondary N) is 1. The number of benzene rings is 1. The Kier molecular flexibility index (Phi) is 4.76. The number of imidazole rings is 1. The summed E-state index contributed by atoms with van der Waals surface area (Å²) in [6, 6.07) is 7.17. The first-order valence-electron chi connectivity index (χ1n) is 7.01. The van der Waals surface area contributed by atoms with Crippen molar-refractivity contribution >= 4 is 39.3 Å². The predicted molar refractivity (Wildman–Crippen MR) is 89.2 cm³/mol. The van der Waals surface area contributed by atoms with E-state index < -0.39 is 6.55 Å². The number of halogens is 2. The van der Waals surface area contributed by atoms with Crippen LogP contribution in [0.15, 0.2) is 28.6 Å². The maximum Gasteiger partial charge on any atom is 0.320 e. The molecule has 5 nitrogen and oxygen atoms in total. The van der Waals surface area contributed by atoms with Gasteiger partial charge in [-0.05, 0) is 26.0 Å². The van der Waals surface area contributed by atoms with Crippen molar-refractivity contribution in [1.82, 2.24) is 19.7 Å². The van der Waals surface area contributed by atoms with E-state index in [9.17, 15) is 8.78 Å². The minimum atomic E-state index is -2.62. The molecule has 23 heavy (non-hydrogen) atoms. The lowest BCUT2D eigenvalue weighted by atomic mass is 10.3. The van der Waals surface area contributed by atoms with Gasteiger partial charge in [-0.3, -0.25) is 4.57 Å². The number of para-hydroxylation sites is 2. The Labute approximate surface area is 140 Å². The van der Waals surface area contributed by atoms with Crippen LogP contribution >= 0.6 is 23.1 Å². The number of hydrogen-bond donors (Lipinski definition) is 1. The molecule has 0 fully saturated rings. The first-order valence-corrected chi connectivity index (χ1v) is 8.81. The summed E-state index contributed by atoms with van der Waals surface area (Å²) >= 11 is 2.76. The van der Waals surface area contributed by atoms with Crippen molar-refractivity contribution < 1.29 is 8.78 Å². The lowest BCUT2D eigenvalue weighted by Gasteiger charge is -2.06. The summed E-state index contributed by atoms with van der Waals surface area (Å²) in [7, 11) is 0. The van der Waals surface area contributed by atoms with Crippen molar-refractivity contribution in [2.24, 2.45) is 0 Å². The number of fused-ring (bicyclic) bond motifs is 1. The molecule has 2 aromatic heterocycles. The second kappa shape index (κ2) is 6.79. The van der Waals surface area contributed by atoms with E-state index in [4.69, 9.17) is 0 Å².